The molecule has 1 aliphatic heterocycles. The maximum atomic E-state index is 13.6. The lowest BCUT2D eigenvalue weighted by atomic mass is 10.1. The summed E-state index contributed by atoms with van der Waals surface area (Å²) < 4.78 is 34.8. The van der Waals surface area contributed by atoms with Gasteiger partial charge in [0.2, 0.25) is 0 Å². The molecule has 5 nitrogen and oxygen atoms in total. The van der Waals surface area contributed by atoms with Gasteiger partial charge in [-0.15, -0.1) is 0 Å². The molecule has 0 aliphatic carbocycles. The van der Waals surface area contributed by atoms with Gasteiger partial charge < -0.3 is 10.1 Å². The molecular weight excluding hydrogens is 384 g/mol. The van der Waals surface area contributed by atoms with Crippen LogP contribution in [0.25, 0.3) is 0 Å². The normalized spacial score (nSPS) is 15.5. The molecular formula is C23H32N2O3S. The molecule has 0 unspecified atom stereocenters. The van der Waals surface area contributed by atoms with Crippen molar-refractivity contribution in [1.82, 2.24) is 5.32 Å². The molecule has 0 aromatic heterocycles. The molecule has 29 heavy (non-hydrogen) atoms. The van der Waals surface area contributed by atoms with Crippen molar-refractivity contribution in [2.45, 2.75) is 51.5 Å². The number of hydrogen-bond donors (Lipinski definition) is 1. The van der Waals surface area contributed by atoms with Crippen molar-refractivity contribution in [2.75, 3.05) is 23.9 Å². The number of aryl methyl sites for hydroxylation is 2. The molecule has 1 aliphatic rings. The summed E-state index contributed by atoms with van der Waals surface area (Å²) in [6, 6.07) is 12.8. The first kappa shape index (κ1) is 21.7. The molecule has 3 rings (SSSR count). The second-order valence-electron chi connectivity index (χ2n) is 8.26. The summed E-state index contributed by atoms with van der Waals surface area (Å²) in [4.78, 5) is 0.268. The average Bonchev–Trinajstić information content (AvgIpc) is 2.67. The van der Waals surface area contributed by atoms with E-state index >= 15 is 0 Å². The number of benzene rings is 2. The van der Waals surface area contributed by atoms with Crippen LogP contribution in [0.1, 0.15) is 37.8 Å². The van der Waals surface area contributed by atoms with Gasteiger partial charge in [-0.25, -0.2) is 8.42 Å². The molecule has 1 saturated heterocycles. The summed E-state index contributed by atoms with van der Waals surface area (Å²) in [5, 5.41) is 3.31. The van der Waals surface area contributed by atoms with Crippen molar-refractivity contribution >= 4 is 15.7 Å². The lowest BCUT2D eigenvalue weighted by Gasteiger charge is -2.28. The van der Waals surface area contributed by atoms with Crippen molar-refractivity contribution < 1.29 is 13.2 Å². The lowest BCUT2D eigenvalue weighted by Crippen LogP contribution is -2.35. The molecule has 2 aromatic rings. The zero-order valence-corrected chi connectivity index (χ0v) is 18.6. The fraction of sp³-hybridized carbons (Fsp3) is 0.478. The third kappa shape index (κ3) is 5.31. The van der Waals surface area contributed by atoms with Gasteiger partial charge in [-0.05, 0) is 69.5 Å². The van der Waals surface area contributed by atoms with Gasteiger partial charge in [0.1, 0.15) is 11.9 Å². The number of nitrogens with zero attached hydrogens (tertiary/aromatic N) is 1. The quantitative estimate of drug-likeness (QED) is 0.732. The van der Waals surface area contributed by atoms with Crippen LogP contribution in [-0.2, 0) is 10.0 Å². The van der Waals surface area contributed by atoms with E-state index < -0.39 is 10.0 Å². The van der Waals surface area contributed by atoms with Crippen LogP contribution in [0.5, 0.6) is 5.75 Å². The number of sulfonamides is 1. The zero-order valence-electron chi connectivity index (χ0n) is 17.8. The molecule has 0 radical (unpaired) electrons. The van der Waals surface area contributed by atoms with Gasteiger partial charge in [0.15, 0.2) is 0 Å². The van der Waals surface area contributed by atoms with E-state index in [-0.39, 0.29) is 16.9 Å². The number of piperidine rings is 1. The first-order valence-corrected chi connectivity index (χ1v) is 11.8. The molecule has 0 atom stereocenters. The van der Waals surface area contributed by atoms with Gasteiger partial charge in [-0.1, -0.05) is 37.6 Å². The minimum Gasteiger partial charge on any atom is -0.490 e. The Morgan fingerprint density at radius 2 is 1.83 bits per heavy atom. The SMILES string of the molecule is Cc1ccc(N(CC(C)C)S(=O)(=O)c2cccc(OC3CCNCC3)c2)c(C)c1. The van der Waals surface area contributed by atoms with Crippen molar-refractivity contribution in [3.8, 4) is 5.75 Å². The monoisotopic (exact) mass is 416 g/mol. The Kier molecular flexibility index (Phi) is 6.85. The smallest absolute Gasteiger partial charge is 0.264 e. The number of hydrogen-bond acceptors (Lipinski definition) is 4. The molecule has 1 N–H and O–H groups in total. The van der Waals surface area contributed by atoms with Gasteiger partial charge in [-0.2, -0.15) is 0 Å². The molecule has 0 spiro atoms. The molecule has 0 amide bonds. The van der Waals surface area contributed by atoms with Crippen LogP contribution in [0, 0.1) is 19.8 Å². The minimum atomic E-state index is -3.71. The molecule has 1 heterocycles. The van der Waals surface area contributed by atoms with Gasteiger partial charge in [0.25, 0.3) is 10.0 Å². The van der Waals surface area contributed by atoms with Gasteiger partial charge >= 0.3 is 0 Å². The minimum absolute atomic E-state index is 0.125. The molecule has 0 saturated carbocycles. The molecule has 6 heteroatoms. The summed E-state index contributed by atoms with van der Waals surface area (Å²) in [6.07, 6.45) is 1.98. The van der Waals surface area contributed by atoms with Gasteiger partial charge in [-0.3, -0.25) is 4.31 Å². The second kappa shape index (κ2) is 9.18. The Labute approximate surface area is 175 Å². The number of ether oxygens (including phenoxy) is 1. The fourth-order valence-corrected chi connectivity index (χ4v) is 5.41. The maximum Gasteiger partial charge on any atom is 0.264 e. The summed E-state index contributed by atoms with van der Waals surface area (Å²) in [6.45, 7) is 10.3. The van der Waals surface area contributed by atoms with Crippen LogP contribution in [-0.4, -0.2) is 34.2 Å². The Hall–Kier alpha value is -2.05. The van der Waals surface area contributed by atoms with Crippen molar-refractivity contribution in [3.63, 3.8) is 0 Å². The van der Waals surface area contributed by atoms with Crippen LogP contribution in [0.4, 0.5) is 5.69 Å². The maximum absolute atomic E-state index is 13.6. The van der Waals surface area contributed by atoms with Crippen LogP contribution in [0.3, 0.4) is 0 Å². The Morgan fingerprint density at radius 1 is 1.10 bits per heavy atom. The third-order valence-electron chi connectivity index (χ3n) is 5.13. The first-order chi connectivity index (χ1) is 13.8. The van der Waals surface area contributed by atoms with Gasteiger partial charge in [0, 0.05) is 12.6 Å². The Morgan fingerprint density at radius 3 is 2.48 bits per heavy atom. The van der Waals surface area contributed by atoms with Crippen LogP contribution in [0.15, 0.2) is 47.4 Å². The molecule has 2 aromatic carbocycles. The number of anilines is 1. The van der Waals surface area contributed by atoms with E-state index in [4.69, 9.17) is 4.74 Å². The summed E-state index contributed by atoms with van der Waals surface area (Å²) in [5.41, 5.74) is 2.80. The van der Waals surface area contributed by atoms with E-state index in [9.17, 15) is 8.42 Å². The second-order valence-corrected chi connectivity index (χ2v) is 10.1. The van der Waals surface area contributed by atoms with E-state index in [2.05, 4.69) is 5.32 Å². The van der Waals surface area contributed by atoms with Crippen molar-refractivity contribution in [3.05, 3.63) is 53.6 Å². The molecule has 1 fully saturated rings. The Balaban J connectivity index is 1.94. The summed E-state index contributed by atoms with van der Waals surface area (Å²) in [5.74, 6) is 0.808. The van der Waals surface area contributed by atoms with Crippen molar-refractivity contribution in [1.29, 1.82) is 0 Å². The van der Waals surface area contributed by atoms with E-state index in [0.29, 0.717) is 12.3 Å². The van der Waals surface area contributed by atoms with E-state index in [1.165, 1.54) is 4.31 Å². The largest absolute Gasteiger partial charge is 0.490 e. The highest BCUT2D eigenvalue weighted by Gasteiger charge is 2.27. The lowest BCUT2D eigenvalue weighted by molar-refractivity contribution is 0.162. The third-order valence-corrected chi connectivity index (χ3v) is 6.91. The van der Waals surface area contributed by atoms with Crippen molar-refractivity contribution in [2.24, 2.45) is 5.92 Å². The summed E-state index contributed by atoms with van der Waals surface area (Å²) >= 11 is 0. The zero-order chi connectivity index (χ0) is 21.0. The predicted octanol–water partition coefficient (Wildman–Crippen LogP) is 4.29. The van der Waals surface area contributed by atoms with E-state index in [1.54, 1.807) is 18.2 Å². The predicted molar refractivity (Wildman–Crippen MR) is 118 cm³/mol. The number of rotatable bonds is 7. The topological polar surface area (TPSA) is 58.6 Å². The van der Waals surface area contributed by atoms with E-state index in [0.717, 1.165) is 42.7 Å². The molecule has 158 valence electrons. The first-order valence-electron chi connectivity index (χ1n) is 10.3. The molecule has 0 bridgehead atoms. The highest BCUT2D eigenvalue weighted by Crippen LogP contribution is 2.30. The van der Waals surface area contributed by atoms with E-state index in [1.807, 2.05) is 52.0 Å². The fourth-order valence-electron chi connectivity index (χ4n) is 3.68. The van der Waals surface area contributed by atoms with Gasteiger partial charge in [0.05, 0.1) is 10.6 Å². The van der Waals surface area contributed by atoms with Crippen LogP contribution in [0.2, 0.25) is 0 Å². The van der Waals surface area contributed by atoms with Crippen LogP contribution >= 0.6 is 0 Å². The standard InChI is InChI=1S/C23H32N2O3S/c1-17(2)16-25(23-9-8-18(3)14-19(23)4)29(26,27)22-7-5-6-21(15-22)28-20-10-12-24-13-11-20/h5-9,14-15,17,20,24H,10-13,16H2,1-4H3. The highest BCUT2D eigenvalue weighted by molar-refractivity contribution is 7.92. The summed E-state index contributed by atoms with van der Waals surface area (Å²) in [7, 11) is -3.71. The average molecular weight is 417 g/mol. The van der Waals surface area contributed by atoms with Crippen LogP contribution < -0.4 is 14.4 Å². The Bertz CT molecular complexity index is 935. The number of nitrogens with one attached hydrogen (secondary N) is 1. The highest BCUT2D eigenvalue weighted by atomic mass is 32.2.